The molecule has 2 nitrogen and oxygen atoms in total. The Morgan fingerprint density at radius 3 is 2.57 bits per heavy atom. The smallest absolute Gasteiger partial charge is 0.337 e. The van der Waals surface area contributed by atoms with E-state index in [1.165, 1.54) is 16.2 Å². The molecule has 76 valence electrons. The summed E-state index contributed by atoms with van der Waals surface area (Å²) in [5, 5.41) is 0. The molecule has 0 aliphatic heterocycles. The molecule has 0 heterocycles. The minimum absolute atomic E-state index is 0.275. The summed E-state index contributed by atoms with van der Waals surface area (Å²) in [6.45, 7) is 4.22. The Kier molecular flexibility index (Phi) is 3.92. The quantitative estimate of drug-likeness (QED) is 0.619. The van der Waals surface area contributed by atoms with E-state index < -0.39 is 0 Å². The zero-order chi connectivity index (χ0) is 10.7. The highest BCUT2D eigenvalue weighted by Gasteiger charge is 2.10. The summed E-state index contributed by atoms with van der Waals surface area (Å²) in [4.78, 5) is 11.3. The Morgan fingerprint density at radius 1 is 1.43 bits per heavy atom. The maximum Gasteiger partial charge on any atom is 0.337 e. The highest BCUT2D eigenvalue weighted by Crippen LogP contribution is 2.22. The number of rotatable bonds is 2. The second kappa shape index (κ2) is 4.77. The molecule has 0 unspecified atom stereocenters. The van der Waals surface area contributed by atoms with E-state index in [-0.39, 0.29) is 5.97 Å². The number of hydrogen-bond donors (Lipinski definition) is 0. The molecular formula is C11H13IO2. The normalized spacial score (nSPS) is 10.4. The molecule has 1 rings (SSSR count). The molecule has 0 saturated carbocycles. The van der Waals surface area contributed by atoms with Crippen LogP contribution in [0.25, 0.3) is 0 Å². The molecule has 0 aliphatic carbocycles. The molecular weight excluding hydrogens is 291 g/mol. The van der Waals surface area contributed by atoms with E-state index in [1.54, 1.807) is 6.07 Å². The molecule has 1 aromatic rings. The van der Waals surface area contributed by atoms with E-state index in [0.717, 1.165) is 0 Å². The van der Waals surface area contributed by atoms with Gasteiger partial charge in [-0.3, -0.25) is 0 Å². The Labute approximate surface area is 97.8 Å². The fourth-order valence-corrected chi connectivity index (χ4v) is 2.19. The van der Waals surface area contributed by atoms with Crippen molar-refractivity contribution in [2.24, 2.45) is 0 Å². The van der Waals surface area contributed by atoms with Crippen molar-refractivity contribution in [1.29, 1.82) is 0 Å². The maximum absolute atomic E-state index is 11.3. The van der Waals surface area contributed by atoms with Crippen LogP contribution in [0.3, 0.4) is 0 Å². The summed E-state index contributed by atoms with van der Waals surface area (Å²) in [6.07, 6.45) is 0. The van der Waals surface area contributed by atoms with Crippen LogP contribution < -0.4 is 0 Å². The number of methoxy groups -OCH3 is 1. The van der Waals surface area contributed by atoms with E-state index in [1.807, 2.05) is 12.1 Å². The van der Waals surface area contributed by atoms with Crippen molar-refractivity contribution in [3.05, 3.63) is 32.9 Å². The number of halogens is 1. The lowest BCUT2D eigenvalue weighted by atomic mass is 10.0. The summed E-state index contributed by atoms with van der Waals surface area (Å²) >= 11 is 2.28. The van der Waals surface area contributed by atoms with Crippen molar-refractivity contribution in [1.82, 2.24) is 0 Å². The van der Waals surface area contributed by atoms with Crippen molar-refractivity contribution in [2.45, 2.75) is 19.8 Å². The summed E-state index contributed by atoms with van der Waals surface area (Å²) in [5.41, 5.74) is 1.81. The Hall–Kier alpha value is -0.580. The lowest BCUT2D eigenvalue weighted by Gasteiger charge is -2.09. The molecule has 0 aromatic heterocycles. The van der Waals surface area contributed by atoms with E-state index in [2.05, 4.69) is 41.2 Å². The molecule has 3 heteroatoms. The average Bonchev–Trinajstić information content (AvgIpc) is 2.17. The van der Waals surface area contributed by atoms with E-state index in [0.29, 0.717) is 11.5 Å². The van der Waals surface area contributed by atoms with Gasteiger partial charge in [0.1, 0.15) is 0 Å². The van der Waals surface area contributed by atoms with Gasteiger partial charge in [0.15, 0.2) is 0 Å². The Balaban J connectivity index is 3.13. The molecule has 0 radical (unpaired) electrons. The van der Waals surface area contributed by atoms with Gasteiger partial charge in [-0.2, -0.15) is 0 Å². The van der Waals surface area contributed by atoms with Crippen LogP contribution in [-0.4, -0.2) is 13.1 Å². The summed E-state index contributed by atoms with van der Waals surface area (Å²) in [5.74, 6) is 0.148. The molecule has 14 heavy (non-hydrogen) atoms. The third-order valence-corrected chi connectivity index (χ3v) is 3.02. The van der Waals surface area contributed by atoms with Crippen LogP contribution in [0.5, 0.6) is 0 Å². The van der Waals surface area contributed by atoms with Crippen molar-refractivity contribution in [2.75, 3.05) is 7.11 Å². The molecule has 0 atom stereocenters. The minimum atomic E-state index is -0.275. The molecule has 0 saturated heterocycles. The number of carbonyl (C=O) groups excluding carboxylic acids is 1. The van der Waals surface area contributed by atoms with Gasteiger partial charge in [-0.25, -0.2) is 4.79 Å². The van der Waals surface area contributed by atoms with Crippen molar-refractivity contribution in [3.63, 3.8) is 0 Å². The van der Waals surface area contributed by atoms with Crippen LogP contribution in [0.4, 0.5) is 0 Å². The van der Waals surface area contributed by atoms with E-state index >= 15 is 0 Å². The molecule has 0 spiro atoms. The first kappa shape index (κ1) is 11.5. The van der Waals surface area contributed by atoms with Crippen molar-refractivity contribution in [3.8, 4) is 0 Å². The summed E-state index contributed by atoms with van der Waals surface area (Å²) in [6, 6.07) is 5.64. The third kappa shape index (κ3) is 2.47. The van der Waals surface area contributed by atoms with Crippen LogP contribution in [0.15, 0.2) is 18.2 Å². The predicted octanol–water partition coefficient (Wildman–Crippen LogP) is 3.20. The van der Waals surface area contributed by atoms with Crippen LogP contribution in [0.1, 0.15) is 35.7 Å². The number of carbonyl (C=O) groups is 1. The number of hydrogen-bond acceptors (Lipinski definition) is 2. The zero-order valence-electron chi connectivity index (χ0n) is 8.50. The predicted molar refractivity (Wildman–Crippen MR) is 64.6 cm³/mol. The number of ether oxygens (including phenoxy) is 1. The van der Waals surface area contributed by atoms with Crippen molar-refractivity contribution >= 4 is 28.6 Å². The summed E-state index contributed by atoms with van der Waals surface area (Å²) in [7, 11) is 1.40. The largest absolute Gasteiger partial charge is 0.465 e. The van der Waals surface area contributed by atoms with E-state index in [9.17, 15) is 4.79 Å². The third-order valence-electron chi connectivity index (χ3n) is 2.04. The summed E-state index contributed by atoms with van der Waals surface area (Å²) < 4.78 is 5.85. The minimum Gasteiger partial charge on any atom is -0.465 e. The lowest BCUT2D eigenvalue weighted by molar-refractivity contribution is 0.0600. The van der Waals surface area contributed by atoms with E-state index in [4.69, 9.17) is 0 Å². The van der Waals surface area contributed by atoms with Crippen LogP contribution >= 0.6 is 22.6 Å². The van der Waals surface area contributed by atoms with Gasteiger partial charge in [0.2, 0.25) is 0 Å². The maximum atomic E-state index is 11.3. The van der Waals surface area contributed by atoms with Crippen LogP contribution in [0.2, 0.25) is 0 Å². The second-order valence-electron chi connectivity index (χ2n) is 3.38. The molecule has 0 amide bonds. The van der Waals surface area contributed by atoms with Gasteiger partial charge in [-0.15, -0.1) is 0 Å². The first-order valence-electron chi connectivity index (χ1n) is 4.44. The highest BCUT2D eigenvalue weighted by atomic mass is 127. The zero-order valence-corrected chi connectivity index (χ0v) is 10.7. The van der Waals surface area contributed by atoms with Crippen LogP contribution in [0, 0.1) is 3.57 Å². The van der Waals surface area contributed by atoms with Crippen molar-refractivity contribution < 1.29 is 9.53 Å². The Morgan fingerprint density at radius 2 is 2.07 bits per heavy atom. The SMILES string of the molecule is COC(=O)c1ccc(I)c(C(C)C)c1. The monoisotopic (exact) mass is 304 g/mol. The number of esters is 1. The molecule has 0 aliphatic rings. The average molecular weight is 304 g/mol. The fraction of sp³-hybridized carbons (Fsp3) is 0.364. The first-order chi connectivity index (χ1) is 6.56. The topological polar surface area (TPSA) is 26.3 Å². The first-order valence-corrected chi connectivity index (χ1v) is 5.52. The van der Waals surface area contributed by atoms with Gasteiger partial charge in [0, 0.05) is 3.57 Å². The standard InChI is InChI=1S/C11H13IO2/c1-7(2)9-6-8(11(13)14-3)4-5-10(9)12/h4-7H,1-3H3. The molecule has 0 N–H and O–H groups in total. The van der Waals surface area contributed by atoms with Gasteiger partial charge < -0.3 is 4.74 Å². The van der Waals surface area contributed by atoms with Crippen LogP contribution in [-0.2, 0) is 4.74 Å². The van der Waals surface area contributed by atoms with Gasteiger partial charge >= 0.3 is 5.97 Å². The molecule has 0 fully saturated rings. The van der Waals surface area contributed by atoms with Gasteiger partial charge in [0.25, 0.3) is 0 Å². The highest BCUT2D eigenvalue weighted by molar-refractivity contribution is 14.1. The van der Waals surface area contributed by atoms with Gasteiger partial charge in [-0.05, 0) is 52.3 Å². The molecule has 0 bridgehead atoms. The lowest BCUT2D eigenvalue weighted by Crippen LogP contribution is -2.03. The fourth-order valence-electron chi connectivity index (χ4n) is 1.23. The number of benzene rings is 1. The molecule has 1 aromatic carbocycles. The van der Waals surface area contributed by atoms with Gasteiger partial charge in [0.05, 0.1) is 12.7 Å². The van der Waals surface area contributed by atoms with Gasteiger partial charge in [-0.1, -0.05) is 13.8 Å². The Bertz CT molecular complexity index is 345. The second-order valence-corrected chi connectivity index (χ2v) is 4.54.